The number of carbonyl (C=O) groups is 3. The van der Waals surface area contributed by atoms with E-state index in [1.165, 1.54) is 0 Å². The normalized spacial score (nSPS) is 31.9. The molecule has 0 amide bonds. The molecule has 9 atom stereocenters. The first-order chi connectivity index (χ1) is 21.2. The molecule has 5 N–H and O–H groups in total. The van der Waals surface area contributed by atoms with Crippen molar-refractivity contribution in [1.82, 2.24) is 0 Å². The number of carbonyl (C=O) groups excluding carboxylic acids is 3. The molecule has 2 aliphatic rings. The molecule has 0 aliphatic carbocycles. The van der Waals surface area contributed by atoms with Gasteiger partial charge in [0, 0.05) is 12.8 Å². The maximum absolute atomic E-state index is 12.8. The number of aliphatic hydroxyl groups is 5. The Bertz CT molecular complexity index is 926. The quantitative estimate of drug-likeness (QED) is 0.0796. The van der Waals surface area contributed by atoms with Gasteiger partial charge in [0.25, 0.3) is 0 Å². The first kappa shape index (κ1) is 39.3. The molecular weight excluding hydrogens is 596 g/mol. The molecule has 14 nitrogen and oxygen atoms in total. The van der Waals surface area contributed by atoms with Crippen molar-refractivity contribution in [1.29, 1.82) is 0 Å². The number of hydrogen-bond acceptors (Lipinski definition) is 14. The predicted octanol–water partition coefficient (Wildman–Crippen LogP) is 0.956. The van der Waals surface area contributed by atoms with Gasteiger partial charge in [-0.15, -0.1) is 0 Å². The van der Waals surface area contributed by atoms with Gasteiger partial charge in [0.05, 0.1) is 19.1 Å². The van der Waals surface area contributed by atoms with Gasteiger partial charge in [-0.05, 0) is 18.3 Å². The Labute approximate surface area is 265 Å². The van der Waals surface area contributed by atoms with Gasteiger partial charge in [0.15, 0.2) is 24.6 Å². The average Bonchev–Trinajstić information content (AvgIpc) is 3.23. The van der Waals surface area contributed by atoms with Crippen molar-refractivity contribution in [2.24, 2.45) is 17.8 Å². The fourth-order valence-electron chi connectivity index (χ4n) is 5.20. The summed E-state index contributed by atoms with van der Waals surface area (Å²) >= 11 is 0. The molecule has 0 saturated carbocycles. The van der Waals surface area contributed by atoms with Crippen LogP contribution in [0.5, 0.6) is 0 Å². The van der Waals surface area contributed by atoms with Gasteiger partial charge in [-0.2, -0.15) is 0 Å². The molecule has 2 heterocycles. The van der Waals surface area contributed by atoms with Crippen molar-refractivity contribution in [3.63, 3.8) is 0 Å². The van der Waals surface area contributed by atoms with Gasteiger partial charge in [0.1, 0.15) is 31.0 Å². The van der Waals surface area contributed by atoms with E-state index in [0.29, 0.717) is 12.3 Å². The largest absolute Gasteiger partial charge is 0.455 e. The number of esters is 3. The van der Waals surface area contributed by atoms with Gasteiger partial charge >= 0.3 is 17.9 Å². The lowest BCUT2D eigenvalue weighted by Crippen LogP contribution is -2.64. The van der Waals surface area contributed by atoms with Crippen molar-refractivity contribution in [2.45, 2.75) is 141 Å². The van der Waals surface area contributed by atoms with E-state index in [1.54, 1.807) is 27.7 Å². The highest BCUT2D eigenvalue weighted by atomic mass is 16.8. The fraction of sp³-hybridized carbons (Fsp3) is 0.903. The molecule has 262 valence electrons. The number of hydrogen-bond donors (Lipinski definition) is 5. The maximum Gasteiger partial charge on any atom is 0.308 e. The van der Waals surface area contributed by atoms with Crippen molar-refractivity contribution < 1.29 is 68.3 Å². The first-order valence-corrected chi connectivity index (χ1v) is 16.0. The Morgan fingerprint density at radius 2 is 1.40 bits per heavy atom. The molecule has 0 aromatic heterocycles. The summed E-state index contributed by atoms with van der Waals surface area (Å²) in [5.74, 6) is -4.59. The number of unbranched alkanes of at least 4 members (excludes halogenated alkanes) is 3. The summed E-state index contributed by atoms with van der Waals surface area (Å²) < 4.78 is 33.8. The van der Waals surface area contributed by atoms with Crippen LogP contribution in [0, 0.1) is 17.8 Å². The van der Waals surface area contributed by atoms with Crippen LogP contribution in [0.2, 0.25) is 0 Å². The van der Waals surface area contributed by atoms with E-state index in [1.807, 2.05) is 0 Å². The Balaban J connectivity index is 2.28. The third kappa shape index (κ3) is 11.1. The van der Waals surface area contributed by atoms with Crippen molar-refractivity contribution in [3.05, 3.63) is 0 Å². The number of ether oxygens (including phenoxy) is 6. The molecule has 2 fully saturated rings. The maximum atomic E-state index is 12.8. The van der Waals surface area contributed by atoms with Gasteiger partial charge in [-0.1, -0.05) is 67.2 Å². The van der Waals surface area contributed by atoms with Crippen molar-refractivity contribution in [3.8, 4) is 0 Å². The third-order valence-corrected chi connectivity index (χ3v) is 7.72. The zero-order valence-corrected chi connectivity index (χ0v) is 27.3. The van der Waals surface area contributed by atoms with E-state index in [2.05, 4.69) is 13.8 Å². The van der Waals surface area contributed by atoms with Crippen LogP contribution in [0.25, 0.3) is 0 Å². The zero-order valence-electron chi connectivity index (χ0n) is 27.3. The Morgan fingerprint density at radius 3 is 1.96 bits per heavy atom. The van der Waals surface area contributed by atoms with Crippen LogP contribution in [0.15, 0.2) is 0 Å². The minimum absolute atomic E-state index is 0.00239. The lowest BCUT2D eigenvalue weighted by atomic mass is 9.97. The molecule has 2 rings (SSSR count). The van der Waals surface area contributed by atoms with Crippen molar-refractivity contribution in [2.75, 3.05) is 19.8 Å². The summed E-state index contributed by atoms with van der Waals surface area (Å²) in [4.78, 5) is 37.9. The molecule has 0 radical (unpaired) electrons. The smallest absolute Gasteiger partial charge is 0.308 e. The number of aliphatic hydroxyl groups excluding tert-OH is 5. The lowest BCUT2D eigenvalue weighted by Gasteiger charge is -2.45. The van der Waals surface area contributed by atoms with Crippen LogP contribution in [0.4, 0.5) is 0 Å². The summed E-state index contributed by atoms with van der Waals surface area (Å²) in [6.07, 6.45) is -8.32. The number of rotatable bonds is 18. The monoisotopic (exact) mass is 650 g/mol. The van der Waals surface area contributed by atoms with Crippen LogP contribution >= 0.6 is 0 Å². The van der Waals surface area contributed by atoms with E-state index in [4.69, 9.17) is 28.4 Å². The molecule has 14 heteroatoms. The second-order valence-electron chi connectivity index (χ2n) is 13.0. The minimum Gasteiger partial charge on any atom is -0.455 e. The SMILES string of the molecule is CC(C)CCCCCCC(=O)O[C@H]1[C@H](O)[C@@H](CO)O[C@@]1(CO)O[C@H]1O[C@H](CO)[C@@H](OC(=O)CC(C)C)[C@H](OC(=O)C(C)C)[C@H]1O. The summed E-state index contributed by atoms with van der Waals surface area (Å²) in [7, 11) is 0. The minimum atomic E-state index is -2.33. The topological polar surface area (TPSA) is 208 Å². The van der Waals surface area contributed by atoms with Gasteiger partial charge < -0.3 is 54.0 Å². The first-order valence-electron chi connectivity index (χ1n) is 16.0. The summed E-state index contributed by atoms with van der Waals surface area (Å²) in [6.45, 7) is 8.46. The van der Waals surface area contributed by atoms with Crippen LogP contribution in [0.3, 0.4) is 0 Å². The van der Waals surface area contributed by atoms with Gasteiger partial charge in [0.2, 0.25) is 5.79 Å². The van der Waals surface area contributed by atoms with Crippen LogP contribution in [-0.2, 0) is 42.8 Å². The van der Waals surface area contributed by atoms with Crippen LogP contribution in [0.1, 0.15) is 86.5 Å². The highest BCUT2D eigenvalue weighted by Crippen LogP contribution is 2.39. The molecule has 2 saturated heterocycles. The Kier molecular flexibility index (Phi) is 16.1. The van der Waals surface area contributed by atoms with E-state index < -0.39 is 98.5 Å². The standard InChI is InChI=1S/C31H54O14/c1-17(2)11-9-7-8-10-12-22(35)42-28-24(37)20(14-32)44-31(28,16-34)45-30-25(38)27(43-29(39)19(5)6)26(21(15-33)40-30)41-23(36)13-18(3)4/h17-21,24-28,30,32-34,37-38H,7-16H2,1-6H3/t20-,21-,24-,25-,26-,27-,28+,30-,31+/m1/s1. The Hall–Kier alpha value is -1.91. The van der Waals surface area contributed by atoms with Crippen LogP contribution in [-0.4, -0.2) is 118 Å². The summed E-state index contributed by atoms with van der Waals surface area (Å²) in [5.41, 5.74) is 0. The third-order valence-electron chi connectivity index (χ3n) is 7.72. The highest BCUT2D eigenvalue weighted by Gasteiger charge is 2.61. The average molecular weight is 651 g/mol. The van der Waals surface area contributed by atoms with Gasteiger partial charge in [-0.3, -0.25) is 14.4 Å². The molecule has 0 aromatic carbocycles. The summed E-state index contributed by atoms with van der Waals surface area (Å²) in [5, 5.41) is 52.6. The zero-order chi connectivity index (χ0) is 33.9. The molecule has 45 heavy (non-hydrogen) atoms. The molecule has 0 unspecified atom stereocenters. The Morgan fingerprint density at radius 1 is 0.756 bits per heavy atom. The second kappa shape index (κ2) is 18.4. The van der Waals surface area contributed by atoms with E-state index in [0.717, 1.165) is 25.7 Å². The lowest BCUT2D eigenvalue weighted by molar-refractivity contribution is -0.384. The van der Waals surface area contributed by atoms with Crippen LogP contribution < -0.4 is 0 Å². The van der Waals surface area contributed by atoms with Crippen molar-refractivity contribution >= 4 is 17.9 Å². The molecular formula is C31H54O14. The summed E-state index contributed by atoms with van der Waals surface area (Å²) in [6, 6.07) is 0. The van der Waals surface area contributed by atoms with E-state index in [-0.39, 0.29) is 18.8 Å². The van der Waals surface area contributed by atoms with Gasteiger partial charge in [-0.25, -0.2) is 0 Å². The molecule has 0 spiro atoms. The molecule has 2 aliphatic heterocycles. The fourth-order valence-corrected chi connectivity index (χ4v) is 5.20. The van der Waals surface area contributed by atoms with E-state index >= 15 is 0 Å². The van der Waals surface area contributed by atoms with E-state index in [9.17, 15) is 39.9 Å². The molecule has 0 aromatic rings. The second-order valence-corrected chi connectivity index (χ2v) is 13.0. The molecule has 0 bridgehead atoms. The predicted molar refractivity (Wildman–Crippen MR) is 157 cm³/mol. The highest BCUT2D eigenvalue weighted by molar-refractivity contribution is 5.72.